The minimum absolute atomic E-state index is 0.330. The molecule has 3 aromatic carbocycles. The van der Waals surface area contributed by atoms with Crippen molar-refractivity contribution < 1.29 is 19.5 Å². The fourth-order valence-corrected chi connectivity index (χ4v) is 4.30. The van der Waals surface area contributed by atoms with Gasteiger partial charge in [-0.2, -0.15) is 0 Å². The summed E-state index contributed by atoms with van der Waals surface area (Å²) in [7, 11) is 0. The van der Waals surface area contributed by atoms with Gasteiger partial charge in [-0.1, -0.05) is 42.5 Å². The van der Waals surface area contributed by atoms with Gasteiger partial charge in [-0.25, -0.2) is 0 Å². The van der Waals surface area contributed by atoms with E-state index in [1.165, 1.54) is 0 Å². The molecule has 3 aromatic rings. The van der Waals surface area contributed by atoms with Crippen LogP contribution in [0.3, 0.4) is 0 Å². The van der Waals surface area contributed by atoms with E-state index in [2.05, 4.69) is 0 Å². The fourth-order valence-electron chi connectivity index (χ4n) is 4.30. The Hall–Kier alpha value is -3.47. The Morgan fingerprint density at radius 1 is 0.815 bits per heavy atom. The number of hydrogen-bond donors (Lipinski definition) is 0. The molecule has 1 atom stereocenters. The van der Waals surface area contributed by atoms with Crippen molar-refractivity contribution in [3.63, 3.8) is 0 Å². The quantitative estimate of drug-likeness (QED) is 0.673. The van der Waals surface area contributed by atoms with Gasteiger partial charge in [0.05, 0.1) is 5.97 Å². The highest BCUT2D eigenvalue weighted by molar-refractivity contribution is 6.27. The average molecular weight is 356 g/mol. The third-order valence-electron chi connectivity index (χ3n) is 5.49. The third-order valence-corrected chi connectivity index (χ3v) is 5.49. The van der Waals surface area contributed by atoms with E-state index >= 15 is 0 Å². The Bertz CT molecular complexity index is 1090. The second kappa shape index (κ2) is 5.51. The summed E-state index contributed by atoms with van der Waals surface area (Å²) in [5, 5.41) is 13.5. The molecule has 0 aromatic heterocycles. The molecule has 0 spiro atoms. The van der Waals surface area contributed by atoms with Crippen molar-refractivity contribution in [1.82, 2.24) is 4.90 Å². The maximum atomic E-state index is 13.2. The Labute approximate surface area is 154 Å². The second-order valence-electron chi connectivity index (χ2n) is 6.91. The lowest BCUT2D eigenvalue weighted by Gasteiger charge is -2.34. The van der Waals surface area contributed by atoms with Gasteiger partial charge in [0.25, 0.3) is 11.8 Å². The molecule has 0 bridgehead atoms. The zero-order valence-electron chi connectivity index (χ0n) is 14.3. The number of carbonyl (C=O) groups excluding carboxylic acids is 3. The zero-order chi connectivity index (χ0) is 18.7. The summed E-state index contributed by atoms with van der Waals surface area (Å²) >= 11 is 0. The van der Waals surface area contributed by atoms with E-state index in [9.17, 15) is 19.5 Å². The lowest BCUT2D eigenvalue weighted by molar-refractivity contribution is -0.310. The molecular formula is C22H14NO4-. The first-order chi connectivity index (χ1) is 13.1. The van der Waals surface area contributed by atoms with E-state index in [0.717, 1.165) is 34.3 Å². The topological polar surface area (TPSA) is 77.5 Å². The molecule has 5 heteroatoms. The molecule has 1 heterocycles. The monoisotopic (exact) mass is 356 g/mol. The highest BCUT2D eigenvalue weighted by atomic mass is 16.4. The first kappa shape index (κ1) is 15.8. The SMILES string of the molecule is O=C([O-])[C@H](c1ccccc1)N1C(=O)c2ccc3c4c(ccc(c24)C1=O)CC3. The third kappa shape index (κ3) is 2.08. The van der Waals surface area contributed by atoms with Gasteiger partial charge < -0.3 is 9.90 Å². The number of hydrogen-bond acceptors (Lipinski definition) is 4. The summed E-state index contributed by atoms with van der Waals surface area (Å²) in [6.07, 6.45) is 1.76. The minimum atomic E-state index is -1.49. The highest BCUT2D eigenvalue weighted by Gasteiger charge is 2.39. The summed E-state index contributed by atoms with van der Waals surface area (Å²) in [6.45, 7) is 0. The van der Waals surface area contributed by atoms with Crippen LogP contribution in [0.4, 0.5) is 0 Å². The van der Waals surface area contributed by atoms with Crippen LogP contribution in [0.2, 0.25) is 0 Å². The van der Waals surface area contributed by atoms with E-state index < -0.39 is 23.8 Å². The van der Waals surface area contributed by atoms with Crippen LogP contribution in [0.5, 0.6) is 0 Å². The van der Waals surface area contributed by atoms with Gasteiger partial charge in [0.15, 0.2) is 0 Å². The number of imide groups is 1. The lowest BCUT2D eigenvalue weighted by atomic mass is 9.89. The molecule has 1 aliphatic carbocycles. The normalized spacial score (nSPS) is 16.1. The van der Waals surface area contributed by atoms with Gasteiger partial charge in [0.1, 0.15) is 6.04 Å². The van der Waals surface area contributed by atoms with Crippen molar-refractivity contribution in [2.75, 3.05) is 0 Å². The van der Waals surface area contributed by atoms with E-state index in [-0.39, 0.29) is 0 Å². The number of benzene rings is 3. The number of rotatable bonds is 3. The Balaban J connectivity index is 1.75. The molecule has 5 nitrogen and oxygen atoms in total. The van der Waals surface area contributed by atoms with Crippen molar-refractivity contribution >= 4 is 28.6 Å². The maximum absolute atomic E-state index is 13.2. The van der Waals surface area contributed by atoms with Crippen molar-refractivity contribution in [2.24, 2.45) is 0 Å². The summed E-state index contributed by atoms with van der Waals surface area (Å²) in [6, 6.07) is 14.0. The standard InChI is InChI=1S/C22H15NO4/c24-20-15-10-8-12-6-7-13-9-11-16(18(15)17(12)13)21(25)23(20)19(22(26)27)14-4-2-1-3-5-14/h1-5,8-11,19H,6-7H2,(H,26,27)/p-1/t19-/m0/s1. The van der Waals surface area contributed by atoms with Crippen LogP contribution in [0.1, 0.15) is 43.4 Å². The van der Waals surface area contributed by atoms with E-state index in [0.29, 0.717) is 22.1 Å². The van der Waals surface area contributed by atoms with Crippen LogP contribution >= 0.6 is 0 Å². The Morgan fingerprint density at radius 3 is 1.89 bits per heavy atom. The van der Waals surface area contributed by atoms with Crippen molar-refractivity contribution in [3.05, 3.63) is 82.4 Å². The van der Waals surface area contributed by atoms with Gasteiger partial charge in [-0.3, -0.25) is 14.5 Å². The van der Waals surface area contributed by atoms with E-state index in [1.807, 2.05) is 12.1 Å². The molecule has 0 saturated heterocycles. The van der Waals surface area contributed by atoms with Crippen molar-refractivity contribution in [1.29, 1.82) is 0 Å². The van der Waals surface area contributed by atoms with Gasteiger partial charge in [-0.15, -0.1) is 0 Å². The van der Waals surface area contributed by atoms with E-state index in [1.54, 1.807) is 42.5 Å². The van der Waals surface area contributed by atoms with Gasteiger partial charge in [0, 0.05) is 16.5 Å². The number of aliphatic carboxylic acids is 1. The molecule has 0 fully saturated rings. The molecule has 132 valence electrons. The molecule has 2 amide bonds. The van der Waals surface area contributed by atoms with Gasteiger partial charge >= 0.3 is 0 Å². The van der Waals surface area contributed by atoms with Gasteiger partial charge in [-0.05, 0) is 47.1 Å². The predicted molar refractivity (Wildman–Crippen MR) is 96.0 cm³/mol. The van der Waals surface area contributed by atoms with Crippen LogP contribution in [0, 0.1) is 0 Å². The molecule has 0 saturated carbocycles. The molecular weight excluding hydrogens is 342 g/mol. The molecule has 27 heavy (non-hydrogen) atoms. The molecule has 0 radical (unpaired) electrons. The zero-order valence-corrected chi connectivity index (χ0v) is 14.3. The van der Waals surface area contributed by atoms with Crippen molar-refractivity contribution in [2.45, 2.75) is 18.9 Å². The minimum Gasteiger partial charge on any atom is -0.547 e. The molecule has 0 N–H and O–H groups in total. The molecule has 2 aliphatic rings. The molecule has 5 rings (SSSR count). The lowest BCUT2D eigenvalue weighted by Crippen LogP contribution is -2.49. The van der Waals surface area contributed by atoms with Crippen molar-refractivity contribution in [3.8, 4) is 0 Å². The first-order valence-electron chi connectivity index (χ1n) is 8.79. The predicted octanol–water partition coefficient (Wildman–Crippen LogP) is 2.03. The highest BCUT2D eigenvalue weighted by Crippen LogP contribution is 2.40. The van der Waals surface area contributed by atoms with Crippen LogP contribution in [0.15, 0.2) is 54.6 Å². The summed E-state index contributed by atoms with van der Waals surface area (Å²) < 4.78 is 0. The smallest absolute Gasteiger partial charge is 0.262 e. The number of carboxylic acid groups (broad SMARTS) is 1. The van der Waals surface area contributed by atoms with Crippen LogP contribution in [-0.4, -0.2) is 22.7 Å². The van der Waals surface area contributed by atoms with Crippen LogP contribution < -0.4 is 5.11 Å². The first-order valence-corrected chi connectivity index (χ1v) is 8.79. The Morgan fingerprint density at radius 2 is 1.37 bits per heavy atom. The summed E-state index contributed by atoms with van der Waals surface area (Å²) in [5.41, 5.74) is 3.32. The largest absolute Gasteiger partial charge is 0.547 e. The summed E-state index contributed by atoms with van der Waals surface area (Å²) in [5.74, 6) is -2.68. The number of aryl methyl sites for hydroxylation is 2. The number of carboxylic acids is 1. The number of carbonyl (C=O) groups is 3. The number of amides is 2. The second-order valence-corrected chi connectivity index (χ2v) is 6.91. The number of nitrogens with zero attached hydrogens (tertiary/aromatic N) is 1. The molecule has 1 aliphatic heterocycles. The van der Waals surface area contributed by atoms with Crippen LogP contribution in [0.25, 0.3) is 10.8 Å². The Kier molecular flexibility index (Phi) is 3.22. The summed E-state index contributed by atoms with van der Waals surface area (Å²) in [4.78, 5) is 39.1. The fraction of sp³-hybridized carbons (Fsp3) is 0.136. The van der Waals surface area contributed by atoms with Crippen LogP contribution in [-0.2, 0) is 17.6 Å². The van der Waals surface area contributed by atoms with Gasteiger partial charge in [0.2, 0.25) is 0 Å². The van der Waals surface area contributed by atoms with E-state index in [4.69, 9.17) is 0 Å². The maximum Gasteiger partial charge on any atom is 0.262 e. The molecule has 0 unspecified atom stereocenters. The average Bonchev–Trinajstić information content (AvgIpc) is 3.10.